The number of nitrogens with one attached hydrogen (secondary N) is 1. The van der Waals surface area contributed by atoms with Gasteiger partial charge in [0, 0.05) is 29.6 Å². The van der Waals surface area contributed by atoms with E-state index in [0.29, 0.717) is 6.04 Å². The Morgan fingerprint density at radius 1 is 1.17 bits per heavy atom. The van der Waals surface area contributed by atoms with Crippen LogP contribution in [0.25, 0.3) is 21.6 Å². The van der Waals surface area contributed by atoms with Crippen LogP contribution >= 0.6 is 27.3 Å². The molecule has 0 bridgehead atoms. The van der Waals surface area contributed by atoms with E-state index in [1.165, 1.54) is 31.2 Å². The number of nitrogens with zero attached hydrogens (tertiary/aromatic N) is 3. The predicted molar refractivity (Wildman–Crippen MR) is 99.0 cm³/mol. The minimum atomic E-state index is 0.527. The van der Waals surface area contributed by atoms with E-state index in [2.05, 4.69) is 33.2 Å². The summed E-state index contributed by atoms with van der Waals surface area (Å²) in [5.41, 5.74) is 3.21. The van der Waals surface area contributed by atoms with Crippen molar-refractivity contribution in [2.45, 2.75) is 38.6 Å². The van der Waals surface area contributed by atoms with Gasteiger partial charge in [-0.05, 0) is 47.8 Å². The van der Waals surface area contributed by atoms with E-state index >= 15 is 0 Å². The number of aromatic nitrogens is 3. The highest BCUT2D eigenvalue weighted by Gasteiger charge is 2.20. The Balaban J connectivity index is 1.86. The first-order valence-electron chi connectivity index (χ1n) is 7.86. The van der Waals surface area contributed by atoms with Crippen LogP contribution < -0.4 is 5.32 Å². The van der Waals surface area contributed by atoms with Crippen molar-refractivity contribution in [3.8, 4) is 11.4 Å². The van der Waals surface area contributed by atoms with Crippen LogP contribution in [0.1, 0.15) is 31.2 Å². The molecule has 0 saturated heterocycles. The Kier molecular flexibility index (Phi) is 4.03. The second kappa shape index (κ2) is 6.17. The fourth-order valence-corrected chi connectivity index (χ4v) is 4.65. The van der Waals surface area contributed by atoms with Gasteiger partial charge in [0.25, 0.3) is 0 Å². The highest BCUT2D eigenvalue weighted by molar-refractivity contribution is 9.11. The second-order valence-corrected chi connectivity index (χ2v) is 8.27. The van der Waals surface area contributed by atoms with Crippen molar-refractivity contribution in [3.05, 3.63) is 33.9 Å². The summed E-state index contributed by atoms with van der Waals surface area (Å²) in [4.78, 5) is 13.7. The maximum absolute atomic E-state index is 4.83. The van der Waals surface area contributed by atoms with Gasteiger partial charge in [-0.25, -0.2) is 9.97 Å². The van der Waals surface area contributed by atoms with Gasteiger partial charge in [0.2, 0.25) is 0 Å². The average molecular weight is 389 g/mol. The molecule has 0 spiro atoms. The van der Waals surface area contributed by atoms with Gasteiger partial charge in [-0.1, -0.05) is 12.8 Å². The smallest absolute Gasteiger partial charge is 0.162 e. The van der Waals surface area contributed by atoms with Crippen LogP contribution in [0.2, 0.25) is 0 Å². The third kappa shape index (κ3) is 2.85. The van der Waals surface area contributed by atoms with Crippen molar-refractivity contribution in [1.29, 1.82) is 0 Å². The zero-order valence-electron chi connectivity index (χ0n) is 12.8. The molecule has 1 N–H and O–H groups in total. The number of hydrogen-bond donors (Lipinski definition) is 1. The molecule has 1 aliphatic carbocycles. The Bertz CT molecular complexity index is 841. The van der Waals surface area contributed by atoms with Crippen LogP contribution in [0.5, 0.6) is 0 Å². The number of rotatable bonds is 3. The van der Waals surface area contributed by atoms with Gasteiger partial charge < -0.3 is 5.32 Å². The first kappa shape index (κ1) is 15.0. The largest absolute Gasteiger partial charge is 0.366 e. The Labute approximate surface area is 147 Å². The van der Waals surface area contributed by atoms with Gasteiger partial charge in [-0.15, -0.1) is 11.3 Å². The van der Waals surface area contributed by atoms with E-state index in [9.17, 15) is 0 Å². The Morgan fingerprint density at radius 2 is 1.91 bits per heavy atom. The van der Waals surface area contributed by atoms with Crippen molar-refractivity contribution in [2.75, 3.05) is 5.32 Å². The van der Waals surface area contributed by atoms with E-state index in [1.54, 1.807) is 23.7 Å². The molecule has 3 aromatic rings. The summed E-state index contributed by atoms with van der Waals surface area (Å²) in [5.74, 6) is 1.72. The normalized spacial score (nSPS) is 15.4. The molecule has 23 heavy (non-hydrogen) atoms. The van der Waals surface area contributed by atoms with Crippen molar-refractivity contribution in [3.63, 3.8) is 0 Å². The fourth-order valence-electron chi connectivity index (χ4n) is 3.05. The minimum absolute atomic E-state index is 0.527. The molecule has 0 amide bonds. The van der Waals surface area contributed by atoms with E-state index < -0.39 is 0 Å². The molecule has 4 nitrogen and oxygen atoms in total. The monoisotopic (exact) mass is 388 g/mol. The highest BCUT2D eigenvalue weighted by Crippen LogP contribution is 2.39. The first-order valence-corrected chi connectivity index (χ1v) is 9.47. The molecule has 0 radical (unpaired) electrons. The lowest BCUT2D eigenvalue weighted by Gasteiger charge is -2.14. The zero-order chi connectivity index (χ0) is 15.8. The molecule has 0 unspecified atom stereocenters. The molecule has 3 heterocycles. The molecule has 118 valence electrons. The van der Waals surface area contributed by atoms with Crippen LogP contribution in [-0.2, 0) is 0 Å². The van der Waals surface area contributed by atoms with Gasteiger partial charge in [0.1, 0.15) is 5.82 Å². The molecule has 4 rings (SSSR count). The third-order valence-corrected chi connectivity index (χ3v) is 6.50. The summed E-state index contributed by atoms with van der Waals surface area (Å²) in [6.45, 7) is 2.10. The minimum Gasteiger partial charge on any atom is -0.366 e. The molecule has 1 saturated carbocycles. The molecule has 0 aromatic carbocycles. The molecular formula is C17H17BrN4S. The van der Waals surface area contributed by atoms with Crippen molar-refractivity contribution < 1.29 is 0 Å². The number of thiophene rings is 1. The lowest BCUT2D eigenvalue weighted by molar-refractivity contribution is 0.752. The van der Waals surface area contributed by atoms with Crippen LogP contribution in [0, 0.1) is 6.92 Å². The van der Waals surface area contributed by atoms with Crippen molar-refractivity contribution >= 4 is 43.3 Å². The van der Waals surface area contributed by atoms with E-state index in [1.807, 2.05) is 12.1 Å². The number of pyridine rings is 1. The Hall–Kier alpha value is -1.53. The molecule has 0 aliphatic heterocycles. The van der Waals surface area contributed by atoms with E-state index in [-0.39, 0.29) is 0 Å². The number of hydrogen-bond acceptors (Lipinski definition) is 5. The summed E-state index contributed by atoms with van der Waals surface area (Å²) in [6, 6.07) is 4.44. The van der Waals surface area contributed by atoms with Crippen LogP contribution in [0.3, 0.4) is 0 Å². The average Bonchev–Trinajstić information content (AvgIpc) is 3.18. The van der Waals surface area contributed by atoms with Crippen molar-refractivity contribution in [1.82, 2.24) is 15.0 Å². The van der Waals surface area contributed by atoms with Gasteiger partial charge >= 0.3 is 0 Å². The standard InChI is InChI=1S/C17H17BrN4S/c1-10-13-14(23-15(10)18)17(20-12-4-2-3-5-12)22-16(21-13)11-6-8-19-9-7-11/h6-9,12H,2-5H2,1H3,(H,20,21,22). The Morgan fingerprint density at radius 3 is 2.65 bits per heavy atom. The highest BCUT2D eigenvalue weighted by atomic mass is 79.9. The molecule has 6 heteroatoms. The summed E-state index contributed by atoms with van der Waals surface area (Å²) < 4.78 is 2.27. The fraction of sp³-hybridized carbons (Fsp3) is 0.353. The lowest BCUT2D eigenvalue weighted by Crippen LogP contribution is -2.16. The van der Waals surface area contributed by atoms with E-state index in [0.717, 1.165) is 31.2 Å². The lowest BCUT2D eigenvalue weighted by atomic mass is 10.2. The summed E-state index contributed by atoms with van der Waals surface area (Å²) in [5, 5.41) is 3.66. The van der Waals surface area contributed by atoms with Gasteiger partial charge in [0.15, 0.2) is 5.82 Å². The molecule has 0 atom stereocenters. The van der Waals surface area contributed by atoms with Crippen LogP contribution in [0.4, 0.5) is 5.82 Å². The molecule has 1 fully saturated rings. The maximum Gasteiger partial charge on any atom is 0.162 e. The van der Waals surface area contributed by atoms with E-state index in [4.69, 9.17) is 9.97 Å². The first-order chi connectivity index (χ1) is 11.2. The summed E-state index contributed by atoms with van der Waals surface area (Å²) in [6.07, 6.45) is 8.61. The third-order valence-electron chi connectivity index (χ3n) is 4.34. The quantitative estimate of drug-likeness (QED) is 0.671. The predicted octanol–water partition coefficient (Wildman–Crippen LogP) is 5.18. The zero-order valence-corrected chi connectivity index (χ0v) is 15.2. The number of fused-ring (bicyclic) bond motifs is 1. The number of aryl methyl sites for hydroxylation is 1. The second-order valence-electron chi connectivity index (χ2n) is 5.94. The summed E-state index contributed by atoms with van der Waals surface area (Å²) in [7, 11) is 0. The SMILES string of the molecule is Cc1c(Br)sc2c(NC3CCCC3)nc(-c3ccncc3)nc12. The van der Waals surface area contributed by atoms with Gasteiger partial charge in [-0.3, -0.25) is 4.98 Å². The number of anilines is 1. The van der Waals surface area contributed by atoms with Crippen molar-refractivity contribution in [2.24, 2.45) is 0 Å². The van der Waals surface area contributed by atoms with Crippen LogP contribution in [0.15, 0.2) is 28.3 Å². The topological polar surface area (TPSA) is 50.7 Å². The molecule has 1 aliphatic rings. The maximum atomic E-state index is 4.83. The van der Waals surface area contributed by atoms with Gasteiger partial charge in [0.05, 0.1) is 14.0 Å². The molecular weight excluding hydrogens is 372 g/mol. The number of halogens is 1. The summed E-state index contributed by atoms with van der Waals surface area (Å²) >= 11 is 5.36. The molecule has 3 aromatic heterocycles. The van der Waals surface area contributed by atoms with Crippen LogP contribution in [-0.4, -0.2) is 21.0 Å². The van der Waals surface area contributed by atoms with Gasteiger partial charge in [-0.2, -0.15) is 0 Å².